The van der Waals surface area contributed by atoms with E-state index in [2.05, 4.69) is 6.58 Å². The smallest absolute Gasteiger partial charge is 0.335 e. The number of carbonyl (C=O) groups is 3. The Labute approximate surface area is 144 Å². The first-order valence-corrected chi connectivity index (χ1v) is 7.47. The van der Waals surface area contributed by atoms with Crippen LogP contribution >= 0.6 is 0 Å². The van der Waals surface area contributed by atoms with Crippen molar-refractivity contribution >= 4 is 23.1 Å². The summed E-state index contributed by atoms with van der Waals surface area (Å²) in [4.78, 5) is 36.4. The maximum absolute atomic E-state index is 12.7. The van der Waals surface area contributed by atoms with Crippen molar-refractivity contribution in [1.29, 1.82) is 0 Å². The zero-order valence-corrected chi connectivity index (χ0v) is 13.4. The van der Waals surface area contributed by atoms with E-state index in [4.69, 9.17) is 9.47 Å². The van der Waals surface area contributed by atoms with Gasteiger partial charge in [-0.2, -0.15) is 0 Å². The number of ketones is 2. The Hall–Kier alpha value is -3.47. The molecule has 0 aromatic heterocycles. The zero-order chi connectivity index (χ0) is 18.0. The molecule has 3 rings (SSSR count). The van der Waals surface area contributed by atoms with Gasteiger partial charge in [-0.25, -0.2) is 4.79 Å². The van der Waals surface area contributed by atoms with Crippen molar-refractivity contribution in [3.8, 4) is 11.5 Å². The number of benzene rings is 2. The first-order chi connectivity index (χ1) is 12.0. The van der Waals surface area contributed by atoms with Gasteiger partial charge >= 0.3 is 5.97 Å². The van der Waals surface area contributed by atoms with Crippen molar-refractivity contribution in [1.82, 2.24) is 0 Å². The minimum absolute atomic E-state index is 0.186. The minimum atomic E-state index is -0.635. The number of allylic oxidation sites excluding steroid dienone is 2. The number of Topliss-reactive ketones (excluding diaryl/α,β-unsaturated/α-hetero) is 1. The molecular formula is C20H14O5. The van der Waals surface area contributed by atoms with Crippen molar-refractivity contribution in [3.05, 3.63) is 77.9 Å². The first kappa shape index (κ1) is 16.4. The highest BCUT2D eigenvalue weighted by atomic mass is 16.5. The molecule has 2 aromatic carbocycles. The molecule has 124 valence electrons. The number of esters is 1. The quantitative estimate of drug-likeness (QED) is 0.488. The topological polar surface area (TPSA) is 69.7 Å². The fourth-order valence-corrected chi connectivity index (χ4v) is 2.55. The summed E-state index contributed by atoms with van der Waals surface area (Å²) in [5, 5.41) is 0. The van der Waals surface area contributed by atoms with Crippen LogP contribution in [0.15, 0.2) is 61.2 Å². The van der Waals surface area contributed by atoms with E-state index < -0.39 is 5.97 Å². The Kier molecular flexibility index (Phi) is 4.31. The Bertz CT molecular complexity index is 920. The number of hydrogen-bond acceptors (Lipinski definition) is 5. The molecule has 0 spiro atoms. The summed E-state index contributed by atoms with van der Waals surface area (Å²) >= 11 is 0. The lowest BCUT2D eigenvalue weighted by molar-refractivity contribution is -0.128. The van der Waals surface area contributed by atoms with Gasteiger partial charge in [0.05, 0.1) is 7.11 Å². The molecule has 25 heavy (non-hydrogen) atoms. The van der Waals surface area contributed by atoms with Gasteiger partial charge in [-0.3, -0.25) is 9.59 Å². The second kappa shape index (κ2) is 6.57. The van der Waals surface area contributed by atoms with Gasteiger partial charge in [0.1, 0.15) is 11.5 Å². The van der Waals surface area contributed by atoms with Crippen molar-refractivity contribution in [2.45, 2.75) is 0 Å². The number of hydrogen-bond donors (Lipinski definition) is 0. The fourth-order valence-electron chi connectivity index (χ4n) is 2.55. The average Bonchev–Trinajstić information content (AvgIpc) is 2.64. The summed E-state index contributed by atoms with van der Waals surface area (Å²) in [6.07, 6.45) is 2.32. The van der Waals surface area contributed by atoms with E-state index in [0.717, 1.165) is 6.08 Å². The molecule has 0 saturated heterocycles. The number of fused-ring (bicyclic) bond motifs is 1. The molecule has 5 heteroatoms. The number of carbonyl (C=O) groups excluding carboxylic acids is 3. The lowest BCUT2D eigenvalue weighted by Gasteiger charge is -2.16. The Morgan fingerprint density at radius 2 is 1.68 bits per heavy atom. The molecule has 1 aliphatic rings. The van der Waals surface area contributed by atoms with E-state index in [9.17, 15) is 14.4 Å². The number of ether oxygens (including phenoxy) is 2. The highest BCUT2D eigenvalue weighted by molar-refractivity contribution is 6.38. The molecule has 0 heterocycles. The molecular weight excluding hydrogens is 320 g/mol. The number of methoxy groups -OCH3 is 1. The van der Waals surface area contributed by atoms with Crippen molar-refractivity contribution in [2.24, 2.45) is 0 Å². The van der Waals surface area contributed by atoms with Crippen molar-refractivity contribution in [3.63, 3.8) is 0 Å². The molecule has 0 unspecified atom stereocenters. The van der Waals surface area contributed by atoms with Crippen LogP contribution in [0, 0.1) is 0 Å². The predicted molar refractivity (Wildman–Crippen MR) is 91.9 cm³/mol. The van der Waals surface area contributed by atoms with Gasteiger partial charge in [0.25, 0.3) is 0 Å². The molecule has 0 N–H and O–H groups in total. The number of rotatable bonds is 4. The van der Waals surface area contributed by atoms with Crippen LogP contribution in [-0.2, 0) is 4.79 Å². The maximum atomic E-state index is 12.7. The van der Waals surface area contributed by atoms with Crippen LogP contribution in [0.4, 0.5) is 0 Å². The average molecular weight is 334 g/mol. The summed E-state index contributed by atoms with van der Waals surface area (Å²) in [5.41, 5.74) is 1.43. The van der Waals surface area contributed by atoms with Crippen LogP contribution in [-0.4, -0.2) is 24.6 Å². The maximum Gasteiger partial charge on any atom is 0.335 e. The van der Waals surface area contributed by atoms with E-state index in [1.54, 1.807) is 31.4 Å². The normalized spacial score (nSPS) is 12.9. The van der Waals surface area contributed by atoms with E-state index in [0.29, 0.717) is 16.9 Å². The lowest BCUT2D eigenvalue weighted by atomic mass is 9.86. The third-order valence-corrected chi connectivity index (χ3v) is 3.81. The van der Waals surface area contributed by atoms with Gasteiger partial charge in [0.2, 0.25) is 0 Å². The van der Waals surface area contributed by atoms with Gasteiger partial charge in [0, 0.05) is 22.8 Å². The standard InChI is InChI=1S/C20H14O5/c1-3-19(22)25-14-8-9-15-17(10-14)18(21)11-16(20(15)23)12-4-6-13(24-2)7-5-12/h3-11H,1H2,2H3. The Morgan fingerprint density at radius 1 is 1.00 bits per heavy atom. The van der Waals surface area contributed by atoms with E-state index in [1.165, 1.54) is 24.3 Å². The first-order valence-electron chi connectivity index (χ1n) is 7.47. The molecule has 0 radical (unpaired) electrons. The van der Waals surface area contributed by atoms with E-state index in [1.807, 2.05) is 0 Å². The summed E-state index contributed by atoms with van der Waals surface area (Å²) in [6, 6.07) is 11.2. The SMILES string of the molecule is C=CC(=O)Oc1ccc2c(c1)C(=O)C=C(c1ccc(OC)cc1)C2=O. The summed E-state index contributed by atoms with van der Waals surface area (Å²) in [5.74, 6) is -0.374. The van der Waals surface area contributed by atoms with Gasteiger partial charge in [-0.1, -0.05) is 18.7 Å². The molecule has 0 bridgehead atoms. The van der Waals surface area contributed by atoms with Gasteiger partial charge in [0.15, 0.2) is 11.6 Å². The second-order valence-electron chi connectivity index (χ2n) is 5.31. The highest BCUT2D eigenvalue weighted by Gasteiger charge is 2.27. The lowest BCUT2D eigenvalue weighted by Crippen LogP contribution is -2.16. The fraction of sp³-hybridized carbons (Fsp3) is 0.0500. The molecule has 0 aliphatic heterocycles. The van der Waals surface area contributed by atoms with Crippen LogP contribution in [0.3, 0.4) is 0 Å². The van der Waals surface area contributed by atoms with Gasteiger partial charge in [-0.15, -0.1) is 0 Å². The van der Waals surface area contributed by atoms with Gasteiger partial charge in [-0.05, 0) is 42.0 Å². The molecule has 5 nitrogen and oxygen atoms in total. The third kappa shape index (κ3) is 3.12. The van der Waals surface area contributed by atoms with Crippen LogP contribution < -0.4 is 9.47 Å². The molecule has 0 atom stereocenters. The second-order valence-corrected chi connectivity index (χ2v) is 5.31. The molecule has 0 fully saturated rings. The van der Waals surface area contributed by atoms with Crippen LogP contribution in [0.5, 0.6) is 11.5 Å². The van der Waals surface area contributed by atoms with E-state index in [-0.39, 0.29) is 28.4 Å². The molecule has 2 aromatic rings. The van der Waals surface area contributed by atoms with Gasteiger partial charge < -0.3 is 9.47 Å². The summed E-state index contributed by atoms with van der Waals surface area (Å²) in [7, 11) is 1.55. The largest absolute Gasteiger partial charge is 0.497 e. The summed E-state index contributed by atoms with van der Waals surface area (Å²) < 4.78 is 10.1. The molecule has 1 aliphatic carbocycles. The monoisotopic (exact) mass is 334 g/mol. The molecule has 0 amide bonds. The van der Waals surface area contributed by atoms with Crippen molar-refractivity contribution in [2.75, 3.05) is 7.11 Å². The zero-order valence-electron chi connectivity index (χ0n) is 13.4. The van der Waals surface area contributed by atoms with Crippen LogP contribution in [0.2, 0.25) is 0 Å². The third-order valence-electron chi connectivity index (χ3n) is 3.81. The molecule has 0 saturated carbocycles. The minimum Gasteiger partial charge on any atom is -0.497 e. The summed E-state index contributed by atoms with van der Waals surface area (Å²) in [6.45, 7) is 3.31. The van der Waals surface area contributed by atoms with Crippen molar-refractivity contribution < 1.29 is 23.9 Å². The Morgan fingerprint density at radius 3 is 2.32 bits per heavy atom. The van der Waals surface area contributed by atoms with Crippen LogP contribution in [0.1, 0.15) is 26.3 Å². The highest BCUT2D eigenvalue weighted by Crippen LogP contribution is 2.30. The predicted octanol–water partition coefficient (Wildman–Crippen LogP) is 3.25. The van der Waals surface area contributed by atoms with Crippen LogP contribution in [0.25, 0.3) is 5.57 Å². The van der Waals surface area contributed by atoms with E-state index >= 15 is 0 Å². The Balaban J connectivity index is 1.97.